The predicted molar refractivity (Wildman–Crippen MR) is 106 cm³/mol. The summed E-state index contributed by atoms with van der Waals surface area (Å²) < 4.78 is 5.68. The smallest absolute Gasteiger partial charge is 0.357 e. The summed E-state index contributed by atoms with van der Waals surface area (Å²) in [7, 11) is 0. The Labute approximate surface area is 169 Å². The molecule has 29 heavy (non-hydrogen) atoms. The Morgan fingerprint density at radius 2 is 1.90 bits per heavy atom. The maximum absolute atomic E-state index is 12.6. The Morgan fingerprint density at radius 3 is 2.52 bits per heavy atom. The number of rotatable bonds is 7. The minimum atomic E-state index is -1.18. The zero-order valence-corrected chi connectivity index (χ0v) is 16.2. The van der Waals surface area contributed by atoms with E-state index < -0.39 is 18.3 Å². The molecule has 1 aliphatic rings. The van der Waals surface area contributed by atoms with Crippen molar-refractivity contribution in [2.45, 2.75) is 50.8 Å². The van der Waals surface area contributed by atoms with E-state index in [2.05, 4.69) is 10.0 Å². The number of aliphatic hydroxyl groups is 1. The van der Waals surface area contributed by atoms with Gasteiger partial charge in [0.15, 0.2) is 6.29 Å². The molecule has 0 aromatic heterocycles. The Kier molecular flexibility index (Phi) is 7.21. The number of nitrogens with zero attached hydrogens (tertiary/aromatic N) is 4. The Morgan fingerprint density at radius 1 is 1.24 bits per heavy atom. The van der Waals surface area contributed by atoms with Gasteiger partial charge in [0.2, 0.25) is 0 Å². The lowest BCUT2D eigenvalue weighted by Gasteiger charge is -2.38. The number of hydroxylamine groups is 2. The van der Waals surface area contributed by atoms with E-state index in [0.717, 1.165) is 5.56 Å². The zero-order valence-electron chi connectivity index (χ0n) is 16.2. The highest BCUT2D eigenvalue weighted by Gasteiger charge is 2.35. The molecule has 2 aromatic rings. The van der Waals surface area contributed by atoms with Gasteiger partial charge in [-0.05, 0) is 43.0 Å². The third-order valence-corrected chi connectivity index (χ3v) is 4.97. The van der Waals surface area contributed by atoms with Crippen LogP contribution >= 0.6 is 0 Å². The van der Waals surface area contributed by atoms with Crippen LogP contribution in [0.1, 0.15) is 35.7 Å². The summed E-state index contributed by atoms with van der Waals surface area (Å²) in [6.07, 6.45) is -0.514. The molecule has 8 nitrogen and oxygen atoms in total. The summed E-state index contributed by atoms with van der Waals surface area (Å²) in [6, 6.07) is 17.5. The average Bonchev–Trinajstić information content (AvgIpc) is 2.75. The molecule has 0 bridgehead atoms. The summed E-state index contributed by atoms with van der Waals surface area (Å²) in [4.78, 5) is 21.1. The lowest BCUT2D eigenvalue weighted by molar-refractivity contribution is -0.225. The maximum Gasteiger partial charge on any atom is 0.357 e. The molecule has 0 spiro atoms. The SMILES string of the molecule is C[C@H]([C@@H]1CCC(N=[N+]=[N-])C(O)O1)N(Cc1ccccc1)OC(=O)c1ccccc1. The molecule has 3 rings (SSSR count). The van der Waals surface area contributed by atoms with Crippen LogP contribution in [-0.2, 0) is 16.1 Å². The van der Waals surface area contributed by atoms with Gasteiger partial charge >= 0.3 is 5.97 Å². The third-order valence-electron chi connectivity index (χ3n) is 4.97. The largest absolute Gasteiger partial charge is 0.368 e. The quantitative estimate of drug-likeness (QED) is 0.331. The summed E-state index contributed by atoms with van der Waals surface area (Å²) in [5.41, 5.74) is 10.0. The number of carbonyl (C=O) groups excluding carboxylic acids is 1. The molecule has 0 aliphatic carbocycles. The van der Waals surface area contributed by atoms with Crippen molar-refractivity contribution in [1.29, 1.82) is 0 Å². The van der Waals surface area contributed by atoms with E-state index in [0.29, 0.717) is 24.9 Å². The first kappa shape index (κ1) is 20.8. The topological polar surface area (TPSA) is 108 Å². The molecule has 0 radical (unpaired) electrons. The van der Waals surface area contributed by atoms with E-state index in [9.17, 15) is 9.90 Å². The molecule has 152 valence electrons. The number of azide groups is 1. The fourth-order valence-electron chi connectivity index (χ4n) is 3.29. The fraction of sp³-hybridized carbons (Fsp3) is 0.381. The van der Waals surface area contributed by atoms with Gasteiger partial charge in [-0.2, -0.15) is 0 Å². The predicted octanol–water partition coefficient (Wildman–Crippen LogP) is 3.83. The van der Waals surface area contributed by atoms with Crippen LogP contribution in [0.2, 0.25) is 0 Å². The van der Waals surface area contributed by atoms with Gasteiger partial charge in [-0.25, -0.2) is 4.79 Å². The minimum Gasteiger partial charge on any atom is -0.368 e. The van der Waals surface area contributed by atoms with Crippen molar-refractivity contribution in [3.63, 3.8) is 0 Å². The van der Waals surface area contributed by atoms with Crippen LogP contribution in [0.3, 0.4) is 0 Å². The van der Waals surface area contributed by atoms with E-state index in [-0.39, 0.29) is 12.1 Å². The van der Waals surface area contributed by atoms with Crippen molar-refractivity contribution in [2.75, 3.05) is 0 Å². The second kappa shape index (κ2) is 10.0. The average molecular weight is 396 g/mol. The van der Waals surface area contributed by atoms with Crippen molar-refractivity contribution in [2.24, 2.45) is 5.11 Å². The molecular weight excluding hydrogens is 372 g/mol. The molecular formula is C21H24N4O4. The molecule has 8 heteroatoms. The summed E-state index contributed by atoms with van der Waals surface area (Å²) >= 11 is 0. The fourth-order valence-corrected chi connectivity index (χ4v) is 3.29. The van der Waals surface area contributed by atoms with E-state index in [1.54, 1.807) is 29.3 Å². The summed E-state index contributed by atoms with van der Waals surface area (Å²) in [5.74, 6) is -0.461. The molecule has 1 fully saturated rings. The Balaban J connectivity index is 1.75. The van der Waals surface area contributed by atoms with Gasteiger partial charge in [-0.3, -0.25) is 0 Å². The Hall–Kier alpha value is -2.90. The zero-order chi connectivity index (χ0) is 20.6. The molecule has 4 atom stereocenters. The molecule has 1 aliphatic heterocycles. The Bertz CT molecular complexity index is 842. The summed E-state index contributed by atoms with van der Waals surface area (Å²) in [6.45, 7) is 2.25. The van der Waals surface area contributed by atoms with E-state index >= 15 is 0 Å². The normalized spacial score (nSPS) is 22.5. The molecule has 1 saturated heterocycles. The third kappa shape index (κ3) is 5.56. The molecule has 2 unspecified atom stereocenters. The second-order valence-electron chi connectivity index (χ2n) is 6.96. The van der Waals surface area contributed by atoms with Crippen molar-refractivity contribution >= 4 is 5.97 Å². The van der Waals surface area contributed by atoms with Crippen molar-refractivity contribution in [3.05, 3.63) is 82.2 Å². The van der Waals surface area contributed by atoms with Crippen LogP contribution < -0.4 is 0 Å². The standard InChI is InChI=1S/C21H24N4O4/c1-15(19-13-12-18(23-24-22)21(27)28-19)25(14-16-8-4-2-5-9-16)29-20(26)17-10-6-3-7-11-17/h2-11,15,18-19,21,27H,12-14H2,1H3/t15-,18?,19+,21?/m1/s1. The van der Waals surface area contributed by atoms with Gasteiger partial charge in [0.25, 0.3) is 0 Å². The minimum absolute atomic E-state index is 0.329. The molecule has 0 saturated carbocycles. The number of hydrogen-bond donors (Lipinski definition) is 1. The first-order chi connectivity index (χ1) is 14.1. The number of benzene rings is 2. The van der Waals surface area contributed by atoms with Crippen LogP contribution in [-0.4, -0.2) is 40.6 Å². The van der Waals surface area contributed by atoms with Crippen molar-refractivity contribution in [1.82, 2.24) is 5.06 Å². The number of hydrogen-bond acceptors (Lipinski definition) is 6. The van der Waals surface area contributed by atoms with Crippen LogP contribution in [0.15, 0.2) is 65.8 Å². The molecule has 2 aromatic carbocycles. The monoisotopic (exact) mass is 396 g/mol. The van der Waals surface area contributed by atoms with Gasteiger partial charge in [0.05, 0.1) is 30.3 Å². The van der Waals surface area contributed by atoms with E-state index in [1.807, 2.05) is 43.3 Å². The van der Waals surface area contributed by atoms with E-state index in [4.69, 9.17) is 15.1 Å². The molecule has 1 N–H and O–H groups in total. The maximum atomic E-state index is 12.6. The van der Waals surface area contributed by atoms with Gasteiger partial charge in [-0.15, -0.1) is 5.06 Å². The highest BCUT2D eigenvalue weighted by Crippen LogP contribution is 2.26. The van der Waals surface area contributed by atoms with Crippen LogP contribution in [0, 0.1) is 0 Å². The van der Waals surface area contributed by atoms with Crippen LogP contribution in [0.5, 0.6) is 0 Å². The van der Waals surface area contributed by atoms with Gasteiger partial charge < -0.3 is 14.7 Å². The summed E-state index contributed by atoms with van der Waals surface area (Å²) in [5, 5.41) is 15.3. The van der Waals surface area contributed by atoms with Gasteiger partial charge in [-0.1, -0.05) is 53.6 Å². The number of ether oxygens (including phenoxy) is 1. The lowest BCUT2D eigenvalue weighted by atomic mass is 9.99. The molecule has 1 heterocycles. The van der Waals surface area contributed by atoms with Gasteiger partial charge in [0.1, 0.15) is 0 Å². The van der Waals surface area contributed by atoms with Crippen LogP contribution in [0.4, 0.5) is 0 Å². The molecule has 0 amide bonds. The lowest BCUT2D eigenvalue weighted by Crippen LogP contribution is -2.49. The first-order valence-corrected chi connectivity index (χ1v) is 9.54. The highest BCUT2D eigenvalue weighted by molar-refractivity contribution is 5.89. The van der Waals surface area contributed by atoms with E-state index in [1.165, 1.54) is 0 Å². The van der Waals surface area contributed by atoms with Crippen molar-refractivity contribution < 1.29 is 19.5 Å². The van der Waals surface area contributed by atoms with Crippen molar-refractivity contribution in [3.8, 4) is 0 Å². The highest BCUT2D eigenvalue weighted by atomic mass is 16.7. The number of aliphatic hydroxyl groups excluding tert-OH is 1. The van der Waals surface area contributed by atoms with Crippen LogP contribution in [0.25, 0.3) is 10.4 Å². The first-order valence-electron chi connectivity index (χ1n) is 9.54. The second-order valence-corrected chi connectivity index (χ2v) is 6.96. The van der Waals surface area contributed by atoms with Gasteiger partial charge in [0, 0.05) is 4.91 Å². The number of carbonyl (C=O) groups is 1.